The molecule has 2 atom stereocenters. The van der Waals surface area contributed by atoms with Gasteiger partial charge in [-0.1, -0.05) is 0 Å². The molecule has 5 nitrogen and oxygen atoms in total. The molecule has 2 aliphatic heterocycles. The molecule has 0 amide bonds. The molecular formula is C10H10F3N3O2. The number of carbonyl (C=O) groups excluding carboxylic acids is 1. The number of alkyl halides is 3. The minimum Gasteiger partial charge on any atom is -0.464 e. The van der Waals surface area contributed by atoms with Gasteiger partial charge in [0.25, 0.3) is 0 Å². The van der Waals surface area contributed by atoms with Crippen LogP contribution in [0.4, 0.5) is 13.2 Å². The number of halogens is 3. The van der Waals surface area contributed by atoms with Crippen LogP contribution in [0.2, 0.25) is 0 Å². The highest BCUT2D eigenvalue weighted by molar-refractivity contribution is 5.89. The van der Waals surface area contributed by atoms with Crippen LogP contribution >= 0.6 is 0 Å². The second kappa shape index (κ2) is 3.47. The van der Waals surface area contributed by atoms with E-state index in [1.165, 1.54) is 0 Å². The van der Waals surface area contributed by atoms with Gasteiger partial charge < -0.3 is 14.6 Å². The predicted molar refractivity (Wildman–Crippen MR) is 53.0 cm³/mol. The Morgan fingerprint density at radius 1 is 1.56 bits per heavy atom. The summed E-state index contributed by atoms with van der Waals surface area (Å²) in [6.07, 6.45) is -4.00. The molecular weight excluding hydrogens is 251 g/mol. The largest absolute Gasteiger partial charge is 0.464 e. The van der Waals surface area contributed by atoms with Crippen LogP contribution in [-0.4, -0.2) is 29.2 Å². The number of carbonyl (C=O) groups is 1. The van der Waals surface area contributed by atoms with Gasteiger partial charge in [-0.3, -0.25) is 0 Å². The minimum atomic E-state index is -4.56. The standard InChI is InChI=1S/C10H10F3N3O2/c1-18-8(17)6-7-5-2-4(3-14-5)16(7)9(15-6)10(11,12)13/h4-5,14H,2-3H2,1H3/t4-,5-/m0/s1. The number of aromatic nitrogens is 2. The van der Waals surface area contributed by atoms with Gasteiger partial charge in [0.15, 0.2) is 5.69 Å². The lowest BCUT2D eigenvalue weighted by molar-refractivity contribution is -0.147. The van der Waals surface area contributed by atoms with Gasteiger partial charge in [0.1, 0.15) is 0 Å². The maximum absolute atomic E-state index is 12.9. The Balaban J connectivity index is 2.20. The van der Waals surface area contributed by atoms with Crippen LogP contribution in [0.15, 0.2) is 0 Å². The van der Waals surface area contributed by atoms with E-state index in [1.54, 1.807) is 0 Å². The third-order valence-corrected chi connectivity index (χ3v) is 3.38. The fraction of sp³-hybridized carbons (Fsp3) is 0.600. The summed E-state index contributed by atoms with van der Waals surface area (Å²) in [5, 5.41) is 3.06. The molecule has 2 bridgehead atoms. The number of imidazole rings is 1. The molecule has 0 unspecified atom stereocenters. The smallest absolute Gasteiger partial charge is 0.449 e. The summed E-state index contributed by atoms with van der Waals surface area (Å²) >= 11 is 0. The fourth-order valence-electron chi connectivity index (χ4n) is 2.72. The molecule has 1 saturated heterocycles. The van der Waals surface area contributed by atoms with Gasteiger partial charge >= 0.3 is 12.1 Å². The van der Waals surface area contributed by atoms with E-state index >= 15 is 0 Å². The average molecular weight is 261 g/mol. The van der Waals surface area contributed by atoms with Crippen LogP contribution in [0, 0.1) is 0 Å². The molecule has 98 valence electrons. The van der Waals surface area contributed by atoms with Crippen molar-refractivity contribution in [1.29, 1.82) is 0 Å². The fourth-order valence-corrected chi connectivity index (χ4v) is 2.72. The first-order valence-electron chi connectivity index (χ1n) is 5.44. The topological polar surface area (TPSA) is 56.1 Å². The Morgan fingerprint density at radius 3 is 2.89 bits per heavy atom. The summed E-state index contributed by atoms with van der Waals surface area (Å²) < 4.78 is 44.3. The van der Waals surface area contributed by atoms with Gasteiger partial charge in [-0.05, 0) is 6.42 Å². The number of nitrogens with one attached hydrogen (secondary N) is 1. The Hall–Kier alpha value is -1.57. The zero-order chi connectivity index (χ0) is 13.1. The van der Waals surface area contributed by atoms with Crippen molar-refractivity contribution in [3.05, 3.63) is 17.2 Å². The molecule has 1 aromatic heterocycles. The maximum atomic E-state index is 12.9. The summed E-state index contributed by atoms with van der Waals surface area (Å²) in [6, 6.07) is -0.528. The van der Waals surface area contributed by atoms with E-state index in [9.17, 15) is 18.0 Å². The van der Waals surface area contributed by atoms with Gasteiger partial charge in [-0.15, -0.1) is 0 Å². The van der Waals surface area contributed by atoms with Crippen LogP contribution in [-0.2, 0) is 10.9 Å². The van der Waals surface area contributed by atoms with Crippen molar-refractivity contribution in [1.82, 2.24) is 14.9 Å². The number of fused-ring (bicyclic) bond motifs is 5. The molecule has 8 heteroatoms. The molecule has 2 aliphatic rings. The molecule has 3 rings (SSSR count). The van der Waals surface area contributed by atoms with Crippen LogP contribution in [0.3, 0.4) is 0 Å². The third-order valence-electron chi connectivity index (χ3n) is 3.38. The van der Waals surface area contributed by atoms with Crippen molar-refractivity contribution < 1.29 is 22.7 Å². The van der Waals surface area contributed by atoms with Gasteiger partial charge in [0.05, 0.1) is 18.8 Å². The summed E-state index contributed by atoms with van der Waals surface area (Å²) in [5.41, 5.74) is 0.0648. The molecule has 1 aromatic rings. The number of methoxy groups -OCH3 is 1. The monoisotopic (exact) mass is 261 g/mol. The van der Waals surface area contributed by atoms with E-state index in [1.807, 2.05) is 0 Å². The van der Waals surface area contributed by atoms with Gasteiger partial charge in [0.2, 0.25) is 5.82 Å². The molecule has 0 aromatic carbocycles. The first-order valence-corrected chi connectivity index (χ1v) is 5.44. The van der Waals surface area contributed by atoms with E-state index in [-0.39, 0.29) is 17.8 Å². The number of nitrogens with zero attached hydrogens (tertiary/aromatic N) is 2. The molecule has 18 heavy (non-hydrogen) atoms. The lowest BCUT2D eigenvalue weighted by Gasteiger charge is -2.18. The van der Waals surface area contributed by atoms with Gasteiger partial charge in [0, 0.05) is 12.6 Å². The number of hydrogen-bond donors (Lipinski definition) is 1. The van der Waals surface area contributed by atoms with E-state index in [0.29, 0.717) is 18.7 Å². The van der Waals surface area contributed by atoms with Crippen LogP contribution < -0.4 is 5.32 Å². The van der Waals surface area contributed by atoms with Crippen molar-refractivity contribution in [3.63, 3.8) is 0 Å². The lowest BCUT2D eigenvalue weighted by Crippen LogP contribution is -2.27. The molecule has 0 spiro atoms. The third kappa shape index (κ3) is 1.38. The zero-order valence-electron chi connectivity index (χ0n) is 9.41. The summed E-state index contributed by atoms with van der Waals surface area (Å²) in [7, 11) is 1.13. The first-order chi connectivity index (χ1) is 8.43. The molecule has 0 aliphatic carbocycles. The zero-order valence-corrected chi connectivity index (χ0v) is 9.41. The molecule has 0 saturated carbocycles. The van der Waals surface area contributed by atoms with Crippen LogP contribution in [0.25, 0.3) is 0 Å². The van der Waals surface area contributed by atoms with E-state index in [2.05, 4.69) is 15.0 Å². The van der Waals surface area contributed by atoms with Crippen molar-refractivity contribution in [2.45, 2.75) is 24.7 Å². The predicted octanol–water partition coefficient (Wildman–Crippen LogP) is 1.28. The van der Waals surface area contributed by atoms with E-state index < -0.39 is 18.0 Å². The highest BCUT2D eigenvalue weighted by Crippen LogP contribution is 2.45. The Labute approximate surface area is 99.9 Å². The number of rotatable bonds is 1. The Bertz CT molecular complexity index is 523. The quantitative estimate of drug-likeness (QED) is 0.774. The minimum absolute atomic E-state index is 0.232. The highest BCUT2D eigenvalue weighted by Gasteiger charge is 2.49. The molecule has 1 N–H and O–H groups in total. The molecule has 1 fully saturated rings. The second-order valence-corrected chi connectivity index (χ2v) is 4.38. The Kier molecular flexibility index (Phi) is 2.22. The lowest BCUT2D eigenvalue weighted by atomic mass is 10.1. The summed E-state index contributed by atoms with van der Waals surface area (Å²) in [6.45, 7) is 0.470. The normalized spacial score (nSPS) is 25.3. The van der Waals surface area contributed by atoms with Crippen molar-refractivity contribution in [3.8, 4) is 0 Å². The number of hydrogen-bond acceptors (Lipinski definition) is 4. The second-order valence-electron chi connectivity index (χ2n) is 4.38. The van der Waals surface area contributed by atoms with Crippen LogP contribution in [0.1, 0.15) is 40.5 Å². The highest BCUT2D eigenvalue weighted by atomic mass is 19.4. The SMILES string of the molecule is COC(=O)c1nc(C(F)(F)F)n2c1[C@@H]1C[C@H]2CN1. The number of esters is 1. The Morgan fingerprint density at radius 2 is 2.28 bits per heavy atom. The van der Waals surface area contributed by atoms with Crippen molar-refractivity contribution in [2.75, 3.05) is 13.7 Å². The summed E-state index contributed by atoms with van der Waals surface area (Å²) in [4.78, 5) is 14.9. The van der Waals surface area contributed by atoms with E-state index in [4.69, 9.17) is 0 Å². The van der Waals surface area contributed by atoms with Crippen molar-refractivity contribution in [2.24, 2.45) is 0 Å². The maximum Gasteiger partial charge on any atom is 0.449 e. The number of ether oxygens (including phenoxy) is 1. The van der Waals surface area contributed by atoms with E-state index in [0.717, 1.165) is 11.7 Å². The van der Waals surface area contributed by atoms with Crippen LogP contribution in [0.5, 0.6) is 0 Å². The first kappa shape index (κ1) is 11.5. The van der Waals surface area contributed by atoms with Gasteiger partial charge in [-0.25, -0.2) is 9.78 Å². The van der Waals surface area contributed by atoms with Crippen molar-refractivity contribution >= 4 is 5.97 Å². The molecule has 3 heterocycles. The summed E-state index contributed by atoms with van der Waals surface area (Å²) in [5.74, 6) is -1.84. The molecule has 0 radical (unpaired) electrons. The average Bonchev–Trinajstić information content (AvgIpc) is 2.97. The van der Waals surface area contributed by atoms with Gasteiger partial charge in [-0.2, -0.15) is 13.2 Å².